The number of unbranched alkanes of at least 4 members (excludes halogenated alkanes) is 1. The van der Waals surface area contributed by atoms with Crippen molar-refractivity contribution in [3.05, 3.63) is 46.0 Å². The molecule has 0 unspecified atom stereocenters. The van der Waals surface area contributed by atoms with Crippen molar-refractivity contribution in [3.8, 4) is 0 Å². The molecule has 10 heteroatoms. The number of nitrogen functional groups attached to an aromatic ring is 1. The maximum absolute atomic E-state index is 13.7. The zero-order valence-corrected chi connectivity index (χ0v) is 15.3. The van der Waals surface area contributed by atoms with Crippen LogP contribution in [0, 0.1) is 5.82 Å². The number of aromatic nitrogens is 2. The van der Waals surface area contributed by atoms with Crippen LogP contribution in [0.15, 0.2) is 34.2 Å². The van der Waals surface area contributed by atoms with Gasteiger partial charge in [0.1, 0.15) is 11.5 Å². The number of benzene rings is 1. The first-order valence-electron chi connectivity index (χ1n) is 8.16. The first-order chi connectivity index (χ1) is 12.8. The van der Waals surface area contributed by atoms with Crippen LogP contribution in [0.25, 0.3) is 0 Å². The molecular formula is C17H18FN4O4S-. The van der Waals surface area contributed by atoms with Gasteiger partial charge in [0.25, 0.3) is 11.5 Å². The van der Waals surface area contributed by atoms with Crippen molar-refractivity contribution in [1.82, 2.24) is 9.97 Å². The number of carboxylic acid groups (broad SMARTS) is 1. The average Bonchev–Trinajstić information content (AvgIpc) is 2.61. The second-order valence-electron chi connectivity index (χ2n) is 5.63. The van der Waals surface area contributed by atoms with E-state index in [1.165, 1.54) is 18.2 Å². The van der Waals surface area contributed by atoms with Gasteiger partial charge in [-0.25, -0.2) is 9.37 Å². The van der Waals surface area contributed by atoms with Crippen molar-refractivity contribution in [1.29, 1.82) is 0 Å². The van der Waals surface area contributed by atoms with Crippen molar-refractivity contribution in [2.24, 2.45) is 0 Å². The Bertz CT molecular complexity index is 903. The number of nitrogens with zero attached hydrogens (tertiary/aromatic N) is 1. The van der Waals surface area contributed by atoms with Gasteiger partial charge in [-0.2, -0.15) is 0 Å². The number of aromatic amines is 1. The van der Waals surface area contributed by atoms with E-state index in [0.717, 1.165) is 24.2 Å². The fraction of sp³-hybridized carbons (Fsp3) is 0.294. The fourth-order valence-corrected chi connectivity index (χ4v) is 3.17. The van der Waals surface area contributed by atoms with Crippen molar-refractivity contribution >= 4 is 35.1 Å². The Morgan fingerprint density at radius 2 is 2.11 bits per heavy atom. The molecule has 27 heavy (non-hydrogen) atoms. The minimum Gasteiger partial charge on any atom is -0.549 e. The van der Waals surface area contributed by atoms with Crippen molar-refractivity contribution < 1.29 is 19.1 Å². The number of rotatable bonds is 8. The third-order valence-electron chi connectivity index (χ3n) is 3.62. The second kappa shape index (κ2) is 9.17. The van der Waals surface area contributed by atoms with Crippen LogP contribution in [0.5, 0.6) is 0 Å². The Labute approximate surface area is 158 Å². The number of carbonyl (C=O) groups is 2. The summed E-state index contributed by atoms with van der Waals surface area (Å²) in [6.07, 6.45) is 1.82. The summed E-state index contributed by atoms with van der Waals surface area (Å²) < 4.78 is 13.7. The van der Waals surface area contributed by atoms with E-state index in [-0.39, 0.29) is 22.2 Å². The molecule has 0 saturated heterocycles. The lowest BCUT2D eigenvalue weighted by Gasteiger charge is -2.17. The summed E-state index contributed by atoms with van der Waals surface area (Å²) in [4.78, 5) is 41.8. The van der Waals surface area contributed by atoms with E-state index >= 15 is 0 Å². The lowest BCUT2D eigenvalue weighted by molar-refractivity contribution is -0.304. The maximum Gasteiger partial charge on any atom is 0.277 e. The van der Waals surface area contributed by atoms with Gasteiger partial charge in [-0.3, -0.25) is 14.6 Å². The first-order valence-corrected chi connectivity index (χ1v) is 9.04. The zero-order valence-electron chi connectivity index (χ0n) is 14.5. The van der Waals surface area contributed by atoms with Crippen molar-refractivity contribution in [3.63, 3.8) is 0 Å². The molecule has 1 amide bonds. The number of nitrogens with two attached hydrogens (primary N) is 1. The van der Waals surface area contributed by atoms with Gasteiger partial charge < -0.3 is 21.0 Å². The second-order valence-corrected chi connectivity index (χ2v) is 6.82. The third-order valence-corrected chi connectivity index (χ3v) is 4.75. The normalized spacial score (nSPS) is 11.8. The topological polar surface area (TPSA) is 141 Å². The van der Waals surface area contributed by atoms with E-state index in [9.17, 15) is 23.9 Å². The predicted octanol–water partition coefficient (Wildman–Crippen LogP) is 1.14. The average molecular weight is 393 g/mol. The zero-order chi connectivity index (χ0) is 20.0. The summed E-state index contributed by atoms with van der Waals surface area (Å²) in [5.74, 6) is -3.19. The molecule has 0 saturated carbocycles. The minimum absolute atomic E-state index is 0.00769. The molecule has 2 aromatic rings. The Balaban J connectivity index is 2.21. The van der Waals surface area contributed by atoms with Gasteiger partial charge >= 0.3 is 0 Å². The van der Waals surface area contributed by atoms with Gasteiger partial charge in [0.2, 0.25) is 0 Å². The molecule has 2 rings (SSSR count). The number of halogens is 1. The molecule has 0 aliphatic carbocycles. The molecule has 0 aliphatic rings. The molecule has 1 atom stereocenters. The highest BCUT2D eigenvalue weighted by molar-refractivity contribution is 8.00. The van der Waals surface area contributed by atoms with Crippen LogP contribution < -0.4 is 21.7 Å². The molecule has 0 radical (unpaired) electrons. The summed E-state index contributed by atoms with van der Waals surface area (Å²) in [6.45, 7) is 1.92. The van der Waals surface area contributed by atoms with E-state index in [2.05, 4.69) is 15.3 Å². The molecule has 1 aromatic carbocycles. The van der Waals surface area contributed by atoms with Crippen LogP contribution >= 0.6 is 11.8 Å². The summed E-state index contributed by atoms with van der Waals surface area (Å²) in [6, 6.07) is 5.26. The number of carbonyl (C=O) groups excluding carboxylic acids is 2. The summed E-state index contributed by atoms with van der Waals surface area (Å²) in [5.41, 5.74) is 4.35. The highest BCUT2D eigenvalue weighted by Gasteiger charge is 2.18. The molecule has 1 aromatic heterocycles. The van der Waals surface area contributed by atoms with Gasteiger partial charge in [0.05, 0.1) is 16.8 Å². The Hall–Kier alpha value is -2.88. The lowest BCUT2D eigenvalue weighted by Crippen LogP contribution is -2.34. The standard InChI is InChI=1S/C17H19FN4O4S/c1-2-3-8-11(16(25)26)27-17-21-13(19)12(15(24)22-17)20-14(23)9-6-4-5-7-10(9)18/h4-7,11H,2-3,8H2,1H3,(H,20,23)(H,25,26)(H3,19,21,22,24)/p-1/t11-/m1/s1. The Kier molecular flexibility index (Phi) is 6.94. The number of aliphatic carboxylic acids is 1. The van der Waals surface area contributed by atoms with Crippen LogP contribution in [0.3, 0.4) is 0 Å². The van der Waals surface area contributed by atoms with Crippen LogP contribution in [0.4, 0.5) is 15.9 Å². The van der Waals surface area contributed by atoms with E-state index in [1.54, 1.807) is 0 Å². The highest BCUT2D eigenvalue weighted by Crippen LogP contribution is 2.24. The van der Waals surface area contributed by atoms with Gasteiger partial charge in [0, 0.05) is 0 Å². The number of anilines is 2. The van der Waals surface area contributed by atoms with Crippen molar-refractivity contribution in [2.75, 3.05) is 11.1 Å². The predicted molar refractivity (Wildman–Crippen MR) is 97.8 cm³/mol. The largest absolute Gasteiger partial charge is 0.549 e. The minimum atomic E-state index is -1.27. The quantitative estimate of drug-likeness (QED) is 0.451. The van der Waals surface area contributed by atoms with Gasteiger partial charge in [0.15, 0.2) is 11.0 Å². The van der Waals surface area contributed by atoms with E-state index < -0.39 is 28.5 Å². The van der Waals surface area contributed by atoms with Crippen LogP contribution in [-0.4, -0.2) is 27.1 Å². The maximum atomic E-state index is 13.7. The lowest BCUT2D eigenvalue weighted by atomic mass is 10.2. The number of hydrogen-bond acceptors (Lipinski definition) is 7. The van der Waals surface area contributed by atoms with Gasteiger partial charge in [-0.05, 0) is 18.6 Å². The number of nitrogens with one attached hydrogen (secondary N) is 2. The number of carboxylic acids is 1. The summed E-state index contributed by atoms with van der Waals surface area (Å²) in [5, 5.41) is 12.5. The molecule has 0 bridgehead atoms. The molecule has 0 fully saturated rings. The van der Waals surface area contributed by atoms with Crippen LogP contribution in [0.2, 0.25) is 0 Å². The Morgan fingerprint density at radius 1 is 1.41 bits per heavy atom. The van der Waals surface area contributed by atoms with E-state index in [0.29, 0.717) is 12.8 Å². The first kappa shape index (κ1) is 20.4. The monoisotopic (exact) mass is 393 g/mol. The fourth-order valence-electron chi connectivity index (χ4n) is 2.22. The summed E-state index contributed by atoms with van der Waals surface area (Å²) >= 11 is 0.810. The number of amides is 1. The molecule has 8 nitrogen and oxygen atoms in total. The molecule has 1 heterocycles. The van der Waals surface area contributed by atoms with Crippen molar-refractivity contribution in [2.45, 2.75) is 36.6 Å². The molecule has 0 spiro atoms. The third kappa shape index (κ3) is 5.30. The van der Waals surface area contributed by atoms with Crippen LogP contribution in [0.1, 0.15) is 36.5 Å². The molecule has 4 N–H and O–H groups in total. The smallest absolute Gasteiger partial charge is 0.277 e. The molecule has 144 valence electrons. The van der Waals surface area contributed by atoms with Gasteiger partial charge in [-0.1, -0.05) is 43.7 Å². The number of thioether (sulfide) groups is 1. The van der Waals surface area contributed by atoms with Crippen LogP contribution in [-0.2, 0) is 4.79 Å². The molecular weight excluding hydrogens is 375 g/mol. The molecule has 0 aliphatic heterocycles. The number of hydrogen-bond donors (Lipinski definition) is 3. The highest BCUT2D eigenvalue weighted by atomic mass is 32.2. The van der Waals surface area contributed by atoms with E-state index in [1.807, 2.05) is 6.92 Å². The number of H-pyrrole nitrogens is 1. The van der Waals surface area contributed by atoms with E-state index in [4.69, 9.17) is 5.73 Å². The Morgan fingerprint density at radius 3 is 2.70 bits per heavy atom. The SMILES string of the molecule is CCCC[C@@H](Sc1nc(N)c(NC(=O)c2ccccc2F)c(=O)[nH]1)C(=O)[O-]. The van der Waals surface area contributed by atoms with Gasteiger partial charge in [-0.15, -0.1) is 0 Å². The summed E-state index contributed by atoms with van der Waals surface area (Å²) in [7, 11) is 0.